The third-order valence-corrected chi connectivity index (χ3v) is 3.68. The average Bonchev–Trinajstić information content (AvgIpc) is 2.81. The number of rotatable bonds is 3. The Morgan fingerprint density at radius 3 is 2.94 bits per heavy atom. The van der Waals surface area contributed by atoms with Gasteiger partial charge in [-0.15, -0.1) is 11.3 Å². The van der Waals surface area contributed by atoms with Crippen molar-refractivity contribution in [2.24, 2.45) is 5.84 Å². The van der Waals surface area contributed by atoms with E-state index >= 15 is 0 Å². The molecule has 2 aromatic heterocycles. The molecule has 1 saturated carbocycles. The molecule has 1 aliphatic carbocycles. The van der Waals surface area contributed by atoms with E-state index in [4.69, 9.17) is 5.84 Å². The molecule has 1 aliphatic rings. The number of hydrogen-bond donors (Lipinski definition) is 3. The SMILES string of the molecule is CC1(Nc2nc(NN)nc3sccc23)CC1. The fraction of sp³-hybridized carbons (Fsp3) is 0.400. The Balaban J connectivity index is 2.09. The lowest BCUT2D eigenvalue weighted by Gasteiger charge is -2.13. The zero-order valence-electron chi connectivity index (χ0n) is 8.95. The lowest BCUT2D eigenvalue weighted by atomic mass is 10.3. The Bertz CT molecular complexity index is 531. The number of nitrogens with two attached hydrogens (primary N) is 1. The predicted molar refractivity (Wildman–Crippen MR) is 66.5 cm³/mol. The van der Waals surface area contributed by atoms with Gasteiger partial charge in [0, 0.05) is 5.54 Å². The maximum atomic E-state index is 5.36. The van der Waals surface area contributed by atoms with E-state index in [1.165, 1.54) is 12.8 Å². The molecular formula is C10H13N5S. The fourth-order valence-corrected chi connectivity index (χ4v) is 2.38. The first-order chi connectivity index (χ1) is 7.70. The van der Waals surface area contributed by atoms with Gasteiger partial charge in [-0.3, -0.25) is 5.43 Å². The number of aromatic nitrogens is 2. The standard InChI is InChI=1S/C10H13N5S/c1-10(3-4-10)14-7-6-2-5-16-8(6)13-9(12-7)15-11/h2,5H,3-4,11H2,1H3,(H2,12,13,14,15). The molecule has 0 atom stereocenters. The highest BCUT2D eigenvalue weighted by atomic mass is 32.1. The summed E-state index contributed by atoms with van der Waals surface area (Å²) < 4.78 is 0. The normalized spacial score (nSPS) is 17.4. The van der Waals surface area contributed by atoms with Gasteiger partial charge < -0.3 is 5.32 Å². The number of anilines is 2. The molecule has 0 bridgehead atoms. The van der Waals surface area contributed by atoms with E-state index in [9.17, 15) is 0 Å². The predicted octanol–water partition coefficient (Wildman–Crippen LogP) is 1.94. The van der Waals surface area contributed by atoms with Gasteiger partial charge in [-0.25, -0.2) is 10.8 Å². The molecular weight excluding hydrogens is 222 g/mol. The van der Waals surface area contributed by atoms with Crippen molar-refractivity contribution >= 4 is 33.3 Å². The summed E-state index contributed by atoms with van der Waals surface area (Å²) in [7, 11) is 0. The molecule has 0 unspecified atom stereocenters. The summed E-state index contributed by atoms with van der Waals surface area (Å²) in [6.07, 6.45) is 2.38. The highest BCUT2D eigenvalue weighted by Crippen LogP contribution is 2.39. The van der Waals surface area contributed by atoms with Crippen LogP contribution < -0.4 is 16.6 Å². The molecule has 0 radical (unpaired) electrons. The molecule has 84 valence electrons. The molecule has 0 saturated heterocycles. The number of fused-ring (bicyclic) bond motifs is 1. The Kier molecular flexibility index (Phi) is 2.02. The van der Waals surface area contributed by atoms with Crippen molar-refractivity contribution in [3.8, 4) is 0 Å². The Hall–Kier alpha value is -1.40. The number of thiophene rings is 1. The molecule has 2 heterocycles. The fourth-order valence-electron chi connectivity index (χ4n) is 1.61. The minimum Gasteiger partial charge on any atom is -0.364 e. The van der Waals surface area contributed by atoms with Crippen molar-refractivity contribution in [2.75, 3.05) is 10.7 Å². The molecule has 1 fully saturated rings. The number of hydrazine groups is 1. The van der Waals surface area contributed by atoms with E-state index in [-0.39, 0.29) is 5.54 Å². The number of nitrogens with zero attached hydrogens (tertiary/aromatic N) is 2. The van der Waals surface area contributed by atoms with Crippen molar-refractivity contribution in [3.05, 3.63) is 11.4 Å². The Morgan fingerprint density at radius 1 is 1.44 bits per heavy atom. The summed E-state index contributed by atoms with van der Waals surface area (Å²) in [5.41, 5.74) is 2.70. The van der Waals surface area contributed by atoms with Crippen molar-refractivity contribution in [1.82, 2.24) is 9.97 Å². The second-order valence-electron chi connectivity index (χ2n) is 4.37. The van der Waals surface area contributed by atoms with Crippen molar-refractivity contribution in [3.63, 3.8) is 0 Å². The molecule has 0 aromatic carbocycles. The first-order valence-electron chi connectivity index (χ1n) is 5.20. The summed E-state index contributed by atoms with van der Waals surface area (Å²) >= 11 is 1.59. The Labute approximate surface area is 97.1 Å². The molecule has 16 heavy (non-hydrogen) atoms. The third kappa shape index (κ3) is 1.60. The highest BCUT2D eigenvalue weighted by molar-refractivity contribution is 7.16. The van der Waals surface area contributed by atoms with Crippen LogP contribution in [0.1, 0.15) is 19.8 Å². The molecule has 4 N–H and O–H groups in total. The van der Waals surface area contributed by atoms with E-state index in [2.05, 4.69) is 27.6 Å². The van der Waals surface area contributed by atoms with Crippen molar-refractivity contribution in [2.45, 2.75) is 25.3 Å². The quantitative estimate of drug-likeness (QED) is 0.560. The van der Waals surface area contributed by atoms with Crippen LogP contribution in [0.3, 0.4) is 0 Å². The Morgan fingerprint density at radius 2 is 2.25 bits per heavy atom. The van der Waals surface area contributed by atoms with Crippen molar-refractivity contribution in [1.29, 1.82) is 0 Å². The van der Waals surface area contributed by atoms with Crippen LogP contribution in [0.2, 0.25) is 0 Å². The van der Waals surface area contributed by atoms with Crippen molar-refractivity contribution < 1.29 is 0 Å². The molecule has 0 spiro atoms. The molecule has 5 nitrogen and oxygen atoms in total. The summed E-state index contributed by atoms with van der Waals surface area (Å²) in [6.45, 7) is 2.20. The summed E-state index contributed by atoms with van der Waals surface area (Å²) in [6, 6.07) is 2.04. The highest BCUT2D eigenvalue weighted by Gasteiger charge is 2.37. The zero-order valence-corrected chi connectivity index (χ0v) is 9.77. The van der Waals surface area contributed by atoms with Gasteiger partial charge in [0.05, 0.1) is 5.39 Å². The summed E-state index contributed by atoms with van der Waals surface area (Å²) in [4.78, 5) is 9.61. The van der Waals surface area contributed by atoms with Crippen LogP contribution in [0.5, 0.6) is 0 Å². The van der Waals surface area contributed by atoms with Gasteiger partial charge in [-0.1, -0.05) is 0 Å². The molecule has 0 aliphatic heterocycles. The van der Waals surface area contributed by atoms with E-state index < -0.39 is 0 Å². The van der Waals surface area contributed by atoms with E-state index in [1.54, 1.807) is 11.3 Å². The minimum atomic E-state index is 0.203. The van der Waals surface area contributed by atoms with Gasteiger partial charge in [0.25, 0.3) is 0 Å². The molecule has 6 heteroatoms. The van der Waals surface area contributed by atoms with Gasteiger partial charge in [0.15, 0.2) is 0 Å². The summed E-state index contributed by atoms with van der Waals surface area (Å²) in [5.74, 6) is 6.69. The number of hydrogen-bond acceptors (Lipinski definition) is 6. The monoisotopic (exact) mass is 235 g/mol. The van der Waals surface area contributed by atoms with Gasteiger partial charge in [-0.05, 0) is 31.2 Å². The van der Waals surface area contributed by atoms with E-state index in [1.807, 2.05) is 11.4 Å². The van der Waals surface area contributed by atoms with Crippen LogP contribution in [0, 0.1) is 0 Å². The van der Waals surface area contributed by atoms with Crippen LogP contribution in [0.25, 0.3) is 10.2 Å². The van der Waals surface area contributed by atoms with Crippen LogP contribution in [0.15, 0.2) is 11.4 Å². The number of nitrogen functional groups attached to an aromatic ring is 1. The molecule has 3 rings (SSSR count). The lowest BCUT2D eigenvalue weighted by molar-refractivity contribution is 0.822. The van der Waals surface area contributed by atoms with Crippen LogP contribution >= 0.6 is 11.3 Å². The van der Waals surface area contributed by atoms with E-state index in [0.29, 0.717) is 5.95 Å². The van der Waals surface area contributed by atoms with Crippen LogP contribution in [0.4, 0.5) is 11.8 Å². The first kappa shape index (κ1) is 9.80. The smallest absolute Gasteiger partial charge is 0.240 e. The zero-order chi connectivity index (χ0) is 11.2. The van der Waals surface area contributed by atoms with Crippen LogP contribution in [-0.4, -0.2) is 15.5 Å². The minimum absolute atomic E-state index is 0.203. The van der Waals surface area contributed by atoms with Gasteiger partial charge in [0.2, 0.25) is 5.95 Å². The maximum Gasteiger partial charge on any atom is 0.240 e. The third-order valence-electron chi connectivity index (χ3n) is 2.87. The largest absolute Gasteiger partial charge is 0.364 e. The second-order valence-corrected chi connectivity index (χ2v) is 5.26. The van der Waals surface area contributed by atoms with Gasteiger partial charge >= 0.3 is 0 Å². The lowest BCUT2D eigenvalue weighted by Crippen LogP contribution is -2.18. The van der Waals surface area contributed by atoms with E-state index in [0.717, 1.165) is 16.0 Å². The average molecular weight is 235 g/mol. The van der Waals surface area contributed by atoms with Crippen LogP contribution in [-0.2, 0) is 0 Å². The summed E-state index contributed by atoms with van der Waals surface area (Å²) in [5, 5.41) is 6.54. The van der Waals surface area contributed by atoms with Gasteiger partial charge in [0.1, 0.15) is 10.6 Å². The second kappa shape index (κ2) is 3.29. The number of nitrogens with one attached hydrogen (secondary N) is 2. The van der Waals surface area contributed by atoms with Gasteiger partial charge in [-0.2, -0.15) is 4.98 Å². The first-order valence-corrected chi connectivity index (χ1v) is 6.08. The molecule has 2 aromatic rings. The topological polar surface area (TPSA) is 75.9 Å². The molecule has 0 amide bonds. The maximum absolute atomic E-state index is 5.36.